The largest absolute Gasteiger partial charge is 0.464 e. The molecule has 144 valence electrons. The van der Waals surface area contributed by atoms with E-state index in [2.05, 4.69) is 5.10 Å². The van der Waals surface area contributed by atoms with Gasteiger partial charge in [-0.1, -0.05) is 48.5 Å². The van der Waals surface area contributed by atoms with Crippen molar-refractivity contribution in [1.82, 2.24) is 9.78 Å². The predicted molar refractivity (Wildman–Crippen MR) is 112 cm³/mol. The van der Waals surface area contributed by atoms with Gasteiger partial charge in [0.2, 0.25) is 0 Å². The Morgan fingerprint density at radius 1 is 0.897 bits per heavy atom. The van der Waals surface area contributed by atoms with Gasteiger partial charge in [-0.2, -0.15) is 5.10 Å². The van der Waals surface area contributed by atoms with E-state index in [9.17, 15) is 4.79 Å². The van der Waals surface area contributed by atoms with Gasteiger partial charge < -0.3 is 9.47 Å². The summed E-state index contributed by atoms with van der Waals surface area (Å²) in [6.45, 7) is 1.90. The Balaban J connectivity index is 1.72. The molecule has 0 saturated heterocycles. The number of carbonyl (C=O) groups excluding carboxylic acids is 1. The number of hydrogen-bond donors (Lipinski definition) is 0. The van der Waals surface area contributed by atoms with Crippen LogP contribution in [-0.4, -0.2) is 22.9 Å². The first-order valence-electron chi connectivity index (χ1n) is 9.23. The zero-order valence-corrected chi connectivity index (χ0v) is 16.2. The third kappa shape index (κ3) is 3.89. The molecular formula is C24H20N2O3. The molecule has 4 rings (SSSR count). The summed E-state index contributed by atoms with van der Waals surface area (Å²) in [5.41, 5.74) is 3.93. The number of methoxy groups -OCH3 is 1. The molecule has 0 aliphatic rings. The fraction of sp³-hybridized carbons (Fsp3) is 0.0833. The Hall–Kier alpha value is -3.86. The first-order chi connectivity index (χ1) is 14.2. The second-order valence-corrected chi connectivity index (χ2v) is 6.54. The highest BCUT2D eigenvalue weighted by Crippen LogP contribution is 2.34. The first kappa shape index (κ1) is 18.5. The average Bonchev–Trinajstić information content (AvgIpc) is 3.16. The van der Waals surface area contributed by atoms with Crippen LogP contribution in [0.5, 0.6) is 11.5 Å². The number of esters is 1. The van der Waals surface area contributed by atoms with Crippen LogP contribution in [-0.2, 0) is 4.74 Å². The quantitative estimate of drug-likeness (QED) is 0.431. The SMILES string of the molecule is COC(=O)c1cc(C)n(-c2cccc(-c3ccccc3Oc3ccccc3)c2)n1. The molecule has 0 aliphatic heterocycles. The number of para-hydroxylation sites is 2. The lowest BCUT2D eigenvalue weighted by atomic mass is 10.0. The third-order valence-electron chi connectivity index (χ3n) is 4.54. The number of benzene rings is 3. The molecule has 0 amide bonds. The van der Waals surface area contributed by atoms with Crippen molar-refractivity contribution in [2.24, 2.45) is 0 Å². The summed E-state index contributed by atoms with van der Waals surface area (Å²) >= 11 is 0. The molecule has 5 nitrogen and oxygen atoms in total. The zero-order chi connectivity index (χ0) is 20.2. The van der Waals surface area contributed by atoms with E-state index in [0.29, 0.717) is 0 Å². The Kier molecular flexibility index (Phi) is 5.12. The minimum atomic E-state index is -0.454. The van der Waals surface area contributed by atoms with E-state index < -0.39 is 5.97 Å². The molecule has 29 heavy (non-hydrogen) atoms. The molecule has 5 heteroatoms. The number of aryl methyl sites for hydroxylation is 1. The molecular weight excluding hydrogens is 364 g/mol. The van der Waals surface area contributed by atoms with E-state index in [4.69, 9.17) is 9.47 Å². The normalized spacial score (nSPS) is 10.6. The van der Waals surface area contributed by atoms with E-state index in [0.717, 1.165) is 34.0 Å². The van der Waals surface area contributed by atoms with E-state index in [1.165, 1.54) is 7.11 Å². The van der Waals surface area contributed by atoms with Crippen molar-refractivity contribution >= 4 is 5.97 Å². The highest BCUT2D eigenvalue weighted by Gasteiger charge is 2.14. The Bertz CT molecular complexity index is 1150. The minimum Gasteiger partial charge on any atom is -0.464 e. The number of rotatable bonds is 5. The Morgan fingerprint density at radius 3 is 2.45 bits per heavy atom. The van der Waals surface area contributed by atoms with E-state index in [-0.39, 0.29) is 5.69 Å². The molecule has 1 heterocycles. The maximum absolute atomic E-state index is 11.8. The molecule has 0 fully saturated rings. The number of hydrogen-bond acceptors (Lipinski definition) is 4. The summed E-state index contributed by atoms with van der Waals surface area (Å²) in [5, 5.41) is 4.39. The van der Waals surface area contributed by atoms with Gasteiger partial charge in [0, 0.05) is 11.3 Å². The molecule has 0 atom stereocenters. The highest BCUT2D eigenvalue weighted by atomic mass is 16.5. The standard InChI is InChI=1S/C24H20N2O3/c1-17-15-22(24(27)28-2)25-26(17)19-10-8-9-18(16-19)21-13-6-7-14-23(21)29-20-11-4-3-5-12-20/h3-16H,1-2H3. The van der Waals surface area contributed by atoms with Crippen molar-refractivity contribution in [3.05, 3.63) is 96.3 Å². The lowest BCUT2D eigenvalue weighted by Gasteiger charge is -2.13. The van der Waals surface area contributed by atoms with Gasteiger partial charge in [0.1, 0.15) is 11.5 Å². The summed E-state index contributed by atoms with van der Waals surface area (Å²) in [6, 6.07) is 27.3. The van der Waals surface area contributed by atoms with Crippen LogP contribution in [0, 0.1) is 6.92 Å². The summed E-state index contributed by atoms with van der Waals surface area (Å²) in [5.74, 6) is 1.09. The maximum Gasteiger partial charge on any atom is 0.358 e. The predicted octanol–water partition coefficient (Wildman–Crippen LogP) is 5.43. The third-order valence-corrected chi connectivity index (χ3v) is 4.54. The molecule has 0 aliphatic carbocycles. The number of carbonyl (C=O) groups is 1. The number of aromatic nitrogens is 2. The van der Waals surface area contributed by atoms with Gasteiger partial charge in [-0.25, -0.2) is 9.48 Å². The lowest BCUT2D eigenvalue weighted by Crippen LogP contribution is -2.04. The van der Waals surface area contributed by atoms with Crippen molar-refractivity contribution in [2.45, 2.75) is 6.92 Å². The van der Waals surface area contributed by atoms with Crippen LogP contribution in [0.4, 0.5) is 0 Å². The van der Waals surface area contributed by atoms with Crippen LogP contribution in [0.3, 0.4) is 0 Å². The average molecular weight is 384 g/mol. The molecule has 3 aromatic carbocycles. The fourth-order valence-electron chi connectivity index (χ4n) is 3.15. The Labute approximate surface area is 169 Å². The minimum absolute atomic E-state index is 0.281. The van der Waals surface area contributed by atoms with Gasteiger partial charge in [-0.15, -0.1) is 0 Å². The van der Waals surface area contributed by atoms with Crippen LogP contribution in [0.15, 0.2) is 84.9 Å². The second kappa shape index (κ2) is 8.02. The molecule has 4 aromatic rings. The summed E-state index contributed by atoms with van der Waals surface area (Å²) < 4.78 is 12.6. The zero-order valence-electron chi connectivity index (χ0n) is 16.2. The van der Waals surface area contributed by atoms with E-state index in [1.807, 2.05) is 85.8 Å². The van der Waals surface area contributed by atoms with Gasteiger partial charge in [0.05, 0.1) is 12.8 Å². The van der Waals surface area contributed by atoms with E-state index >= 15 is 0 Å². The van der Waals surface area contributed by atoms with Crippen molar-refractivity contribution < 1.29 is 14.3 Å². The van der Waals surface area contributed by atoms with Crippen LogP contribution < -0.4 is 4.74 Å². The number of nitrogens with zero attached hydrogens (tertiary/aromatic N) is 2. The molecule has 1 aromatic heterocycles. The van der Waals surface area contributed by atoms with Crippen LogP contribution >= 0.6 is 0 Å². The van der Waals surface area contributed by atoms with Crippen molar-refractivity contribution in [3.8, 4) is 28.3 Å². The van der Waals surface area contributed by atoms with Gasteiger partial charge in [0.25, 0.3) is 0 Å². The van der Waals surface area contributed by atoms with Crippen molar-refractivity contribution in [1.29, 1.82) is 0 Å². The summed E-state index contributed by atoms with van der Waals surface area (Å²) in [6.07, 6.45) is 0. The van der Waals surface area contributed by atoms with Gasteiger partial charge in [-0.3, -0.25) is 0 Å². The molecule has 0 spiro atoms. The van der Waals surface area contributed by atoms with Crippen LogP contribution in [0.2, 0.25) is 0 Å². The summed E-state index contributed by atoms with van der Waals surface area (Å²) in [7, 11) is 1.35. The maximum atomic E-state index is 11.8. The van der Waals surface area contributed by atoms with Crippen LogP contribution in [0.1, 0.15) is 16.2 Å². The smallest absolute Gasteiger partial charge is 0.358 e. The molecule has 0 unspecified atom stereocenters. The number of ether oxygens (including phenoxy) is 2. The van der Waals surface area contributed by atoms with Gasteiger partial charge >= 0.3 is 5.97 Å². The topological polar surface area (TPSA) is 53.4 Å². The van der Waals surface area contributed by atoms with Gasteiger partial charge in [0.15, 0.2) is 5.69 Å². The molecule has 0 saturated carbocycles. The molecule has 0 N–H and O–H groups in total. The van der Waals surface area contributed by atoms with E-state index in [1.54, 1.807) is 10.7 Å². The van der Waals surface area contributed by atoms with Crippen LogP contribution in [0.25, 0.3) is 16.8 Å². The molecule has 0 bridgehead atoms. The molecule has 0 radical (unpaired) electrons. The fourth-order valence-corrected chi connectivity index (χ4v) is 3.15. The Morgan fingerprint density at radius 2 is 1.66 bits per heavy atom. The second-order valence-electron chi connectivity index (χ2n) is 6.54. The summed E-state index contributed by atoms with van der Waals surface area (Å²) in [4.78, 5) is 11.8. The lowest BCUT2D eigenvalue weighted by molar-refractivity contribution is 0.0593. The van der Waals surface area contributed by atoms with Crippen molar-refractivity contribution in [2.75, 3.05) is 7.11 Å². The monoisotopic (exact) mass is 384 g/mol. The van der Waals surface area contributed by atoms with Gasteiger partial charge in [-0.05, 0) is 48.9 Å². The highest BCUT2D eigenvalue weighted by molar-refractivity contribution is 5.87. The van der Waals surface area contributed by atoms with Crippen molar-refractivity contribution in [3.63, 3.8) is 0 Å². The first-order valence-corrected chi connectivity index (χ1v) is 9.23.